The first-order valence-electron chi connectivity index (χ1n) is 15.0. The maximum absolute atomic E-state index is 13.7. The third-order valence-corrected chi connectivity index (χ3v) is 9.67. The van der Waals surface area contributed by atoms with E-state index in [0.717, 1.165) is 29.2 Å². The molecule has 9 nitrogen and oxygen atoms in total. The number of hydrogen-bond acceptors (Lipinski definition) is 10. The van der Waals surface area contributed by atoms with E-state index in [2.05, 4.69) is 46.4 Å². The molecule has 1 saturated heterocycles. The Bertz CT molecular complexity index is 1900. The van der Waals surface area contributed by atoms with Crippen LogP contribution < -0.4 is 14.4 Å². The van der Waals surface area contributed by atoms with Gasteiger partial charge >= 0.3 is 5.91 Å². The standard InChI is InChI=1S/C35H32N4O5S2/c1-3-5-19-44-27-14-13-24(20-28(27)43-4-2)30-29(31(40)23-15-17-36-18-16-23)32(41)33(42)39(30)34-37-38-35(46-34)45-21-25-11-8-10-22-9-6-7-12-26(22)25/h6-18,20,30,40H,3-5,19,21H2,1-2H3/b31-29+. The van der Waals surface area contributed by atoms with Gasteiger partial charge in [0, 0.05) is 23.7 Å². The van der Waals surface area contributed by atoms with E-state index < -0.39 is 17.7 Å². The van der Waals surface area contributed by atoms with Crippen LogP contribution in [0.5, 0.6) is 11.5 Å². The number of nitrogens with zero attached hydrogens (tertiary/aromatic N) is 4. The highest BCUT2D eigenvalue weighted by atomic mass is 32.2. The smallest absolute Gasteiger partial charge is 0.301 e. The van der Waals surface area contributed by atoms with Crippen LogP contribution in [0.4, 0.5) is 5.13 Å². The second kappa shape index (κ2) is 14.1. The Kier molecular flexibility index (Phi) is 9.60. The number of ketones is 1. The summed E-state index contributed by atoms with van der Waals surface area (Å²) in [6.45, 7) is 4.87. The fourth-order valence-corrected chi connectivity index (χ4v) is 7.21. The molecule has 1 atom stereocenters. The van der Waals surface area contributed by atoms with Crippen molar-refractivity contribution in [2.24, 2.45) is 0 Å². The lowest BCUT2D eigenvalue weighted by atomic mass is 9.95. The van der Waals surface area contributed by atoms with E-state index in [1.807, 2.05) is 25.1 Å². The van der Waals surface area contributed by atoms with E-state index in [1.54, 1.807) is 30.3 Å². The van der Waals surface area contributed by atoms with Crippen LogP contribution in [0.3, 0.4) is 0 Å². The third-order valence-electron chi connectivity index (χ3n) is 7.57. The van der Waals surface area contributed by atoms with Gasteiger partial charge in [-0.3, -0.25) is 19.5 Å². The number of amides is 1. The van der Waals surface area contributed by atoms with Gasteiger partial charge in [0.05, 0.1) is 24.8 Å². The molecule has 11 heteroatoms. The Balaban J connectivity index is 1.38. The molecule has 1 fully saturated rings. The van der Waals surface area contributed by atoms with Crippen LogP contribution in [0.2, 0.25) is 0 Å². The van der Waals surface area contributed by atoms with Gasteiger partial charge < -0.3 is 14.6 Å². The van der Waals surface area contributed by atoms with Crippen LogP contribution in [-0.2, 0) is 15.3 Å². The molecular formula is C35H32N4O5S2. The Morgan fingerprint density at radius 2 is 1.76 bits per heavy atom. The van der Waals surface area contributed by atoms with Crippen molar-refractivity contribution in [3.8, 4) is 11.5 Å². The van der Waals surface area contributed by atoms with Gasteiger partial charge in [0.15, 0.2) is 15.8 Å². The molecule has 6 rings (SSSR count). The molecule has 0 bridgehead atoms. The SMILES string of the molecule is CCCCOc1ccc(C2/C(=C(\O)c3ccncc3)C(=O)C(=O)N2c2nnc(SCc3cccc4ccccc34)s2)cc1OCC. The van der Waals surface area contributed by atoms with Crippen LogP contribution in [0.1, 0.15) is 49.4 Å². The van der Waals surface area contributed by atoms with E-state index in [9.17, 15) is 14.7 Å². The van der Waals surface area contributed by atoms with Crippen molar-refractivity contribution >= 4 is 56.5 Å². The second-order valence-corrected chi connectivity index (χ2v) is 12.7. The van der Waals surface area contributed by atoms with Crippen LogP contribution in [0.15, 0.2) is 95.1 Å². The summed E-state index contributed by atoms with van der Waals surface area (Å²) in [5.74, 6) is -0.228. The van der Waals surface area contributed by atoms with Crippen LogP contribution in [-0.4, -0.2) is 45.2 Å². The number of anilines is 1. The highest BCUT2D eigenvalue weighted by Gasteiger charge is 2.48. The summed E-state index contributed by atoms with van der Waals surface area (Å²) in [5, 5.41) is 22.7. The van der Waals surface area contributed by atoms with Crippen molar-refractivity contribution in [3.63, 3.8) is 0 Å². The van der Waals surface area contributed by atoms with E-state index in [1.165, 1.54) is 40.4 Å². The zero-order chi connectivity index (χ0) is 32.0. The predicted octanol–water partition coefficient (Wildman–Crippen LogP) is 7.58. The number of aliphatic hydroxyl groups excluding tert-OH is 1. The number of unbranched alkanes of at least 4 members (excludes halogenated alkanes) is 1. The summed E-state index contributed by atoms with van der Waals surface area (Å²) in [7, 11) is 0. The zero-order valence-electron chi connectivity index (χ0n) is 25.4. The number of aliphatic hydroxyl groups is 1. The fourth-order valence-electron chi connectivity index (χ4n) is 5.34. The number of benzene rings is 3. The van der Waals surface area contributed by atoms with Crippen molar-refractivity contribution in [2.45, 2.75) is 42.8 Å². The number of thioether (sulfide) groups is 1. The molecule has 5 aromatic rings. The molecule has 1 aliphatic rings. The normalized spacial score (nSPS) is 15.9. The fraction of sp³-hybridized carbons (Fsp3) is 0.229. The number of carbonyl (C=O) groups is 2. The first-order valence-corrected chi connectivity index (χ1v) is 16.8. The number of carbonyl (C=O) groups excluding carboxylic acids is 2. The Hall–Kier alpha value is -4.74. The summed E-state index contributed by atoms with van der Waals surface area (Å²) >= 11 is 2.73. The minimum Gasteiger partial charge on any atom is -0.507 e. The van der Waals surface area contributed by atoms with Crippen molar-refractivity contribution in [1.82, 2.24) is 15.2 Å². The van der Waals surface area contributed by atoms with Crippen molar-refractivity contribution < 1.29 is 24.2 Å². The molecular weight excluding hydrogens is 621 g/mol. The van der Waals surface area contributed by atoms with E-state index in [4.69, 9.17) is 9.47 Å². The molecule has 1 aliphatic heterocycles. The van der Waals surface area contributed by atoms with E-state index >= 15 is 0 Å². The second-order valence-electron chi connectivity index (χ2n) is 10.5. The van der Waals surface area contributed by atoms with Gasteiger partial charge in [-0.2, -0.15) is 0 Å². The average Bonchev–Trinajstić information content (AvgIpc) is 3.66. The Morgan fingerprint density at radius 3 is 2.57 bits per heavy atom. The van der Waals surface area contributed by atoms with Gasteiger partial charge in [0.1, 0.15) is 5.76 Å². The highest BCUT2D eigenvalue weighted by Crippen LogP contribution is 2.45. The predicted molar refractivity (Wildman–Crippen MR) is 180 cm³/mol. The van der Waals surface area contributed by atoms with Crippen molar-refractivity contribution in [2.75, 3.05) is 18.1 Å². The van der Waals surface area contributed by atoms with Gasteiger partial charge in [-0.15, -0.1) is 10.2 Å². The molecule has 0 saturated carbocycles. The summed E-state index contributed by atoms with van der Waals surface area (Å²) in [6.07, 6.45) is 4.90. The quantitative estimate of drug-likeness (QED) is 0.0364. The van der Waals surface area contributed by atoms with Gasteiger partial charge in [-0.05, 0) is 59.5 Å². The number of pyridine rings is 1. The molecule has 0 spiro atoms. The summed E-state index contributed by atoms with van der Waals surface area (Å²) < 4.78 is 12.5. The van der Waals surface area contributed by atoms with Crippen molar-refractivity contribution in [3.05, 3.63) is 107 Å². The molecule has 0 aliphatic carbocycles. The molecule has 3 aromatic carbocycles. The molecule has 234 valence electrons. The molecule has 1 N–H and O–H groups in total. The van der Waals surface area contributed by atoms with Gasteiger partial charge in [0.2, 0.25) is 5.13 Å². The molecule has 3 heterocycles. The minimum atomic E-state index is -0.985. The van der Waals surface area contributed by atoms with E-state index in [0.29, 0.717) is 45.9 Å². The van der Waals surface area contributed by atoms with E-state index in [-0.39, 0.29) is 16.5 Å². The average molecular weight is 653 g/mol. The number of hydrogen-bond donors (Lipinski definition) is 1. The maximum atomic E-state index is 13.7. The molecule has 1 amide bonds. The molecule has 46 heavy (non-hydrogen) atoms. The Morgan fingerprint density at radius 1 is 0.957 bits per heavy atom. The summed E-state index contributed by atoms with van der Waals surface area (Å²) in [5.41, 5.74) is 2.02. The topological polar surface area (TPSA) is 115 Å². The van der Waals surface area contributed by atoms with Gasteiger partial charge in [-0.1, -0.05) is 85.0 Å². The monoisotopic (exact) mass is 652 g/mol. The lowest BCUT2D eigenvalue weighted by molar-refractivity contribution is -0.132. The maximum Gasteiger partial charge on any atom is 0.301 e. The first-order chi connectivity index (χ1) is 22.5. The molecule has 2 aromatic heterocycles. The number of Topliss-reactive ketones (excluding diaryl/α,β-unsaturated/α-hetero) is 1. The summed E-state index contributed by atoms with van der Waals surface area (Å²) in [6, 6.07) is 21.9. The number of aromatic nitrogens is 3. The largest absolute Gasteiger partial charge is 0.507 e. The zero-order valence-corrected chi connectivity index (χ0v) is 27.0. The van der Waals surface area contributed by atoms with Crippen LogP contribution >= 0.6 is 23.1 Å². The van der Waals surface area contributed by atoms with Crippen LogP contribution in [0.25, 0.3) is 16.5 Å². The lowest BCUT2D eigenvalue weighted by Gasteiger charge is -2.23. The minimum absolute atomic E-state index is 0.0570. The third kappa shape index (κ3) is 6.33. The van der Waals surface area contributed by atoms with Gasteiger partial charge in [-0.25, -0.2) is 0 Å². The van der Waals surface area contributed by atoms with Gasteiger partial charge in [0.25, 0.3) is 5.78 Å². The molecule has 1 unspecified atom stereocenters. The molecule has 0 radical (unpaired) electrons. The number of rotatable bonds is 12. The summed E-state index contributed by atoms with van der Waals surface area (Å²) in [4.78, 5) is 32.7. The number of fused-ring (bicyclic) bond motifs is 1. The van der Waals surface area contributed by atoms with Crippen LogP contribution in [0, 0.1) is 0 Å². The number of ether oxygens (including phenoxy) is 2. The first kappa shape index (κ1) is 31.3. The Labute approximate surface area is 274 Å². The van der Waals surface area contributed by atoms with Crippen molar-refractivity contribution in [1.29, 1.82) is 0 Å². The lowest BCUT2D eigenvalue weighted by Crippen LogP contribution is -2.29. The highest BCUT2D eigenvalue weighted by molar-refractivity contribution is 8.00.